The van der Waals surface area contributed by atoms with E-state index in [9.17, 15) is 9.59 Å². The zero-order chi connectivity index (χ0) is 20.1. The Bertz CT molecular complexity index is 854. The quantitative estimate of drug-likeness (QED) is 0.707. The lowest BCUT2D eigenvalue weighted by molar-refractivity contribution is 0.0937. The lowest BCUT2D eigenvalue weighted by Gasteiger charge is -2.17. The third kappa shape index (κ3) is 4.26. The van der Waals surface area contributed by atoms with Crippen LogP contribution in [0.3, 0.4) is 0 Å². The van der Waals surface area contributed by atoms with Crippen molar-refractivity contribution < 1.29 is 9.59 Å². The largest absolute Gasteiger partial charge is 0.349 e. The number of nitrogens with one attached hydrogen (secondary N) is 2. The molecule has 1 aromatic heterocycles. The molecule has 0 bridgehead atoms. The van der Waals surface area contributed by atoms with E-state index >= 15 is 0 Å². The van der Waals surface area contributed by atoms with Crippen LogP contribution >= 0.6 is 0 Å². The van der Waals surface area contributed by atoms with Crippen molar-refractivity contribution in [1.29, 1.82) is 0 Å². The first-order valence-corrected chi connectivity index (χ1v) is 10.3. The van der Waals surface area contributed by atoms with E-state index in [-0.39, 0.29) is 11.8 Å². The van der Waals surface area contributed by atoms with Gasteiger partial charge in [-0.3, -0.25) is 9.59 Å². The molecular weight excluding hydrogens is 352 g/mol. The molecule has 2 amide bonds. The van der Waals surface area contributed by atoms with Crippen LogP contribution in [-0.4, -0.2) is 27.9 Å². The Labute approximate surface area is 166 Å². The van der Waals surface area contributed by atoms with Crippen LogP contribution in [0.4, 0.5) is 5.69 Å². The van der Waals surface area contributed by atoms with Gasteiger partial charge >= 0.3 is 0 Å². The molecule has 1 aromatic carbocycles. The average Bonchev–Trinajstić information content (AvgIpc) is 3.08. The Hall–Kier alpha value is -2.63. The number of rotatable bonds is 7. The van der Waals surface area contributed by atoms with Crippen molar-refractivity contribution in [3.8, 4) is 0 Å². The Morgan fingerprint density at radius 1 is 1.18 bits per heavy atom. The summed E-state index contributed by atoms with van der Waals surface area (Å²) in [6, 6.07) is 7.82. The van der Waals surface area contributed by atoms with Crippen LogP contribution in [-0.2, 0) is 13.0 Å². The van der Waals surface area contributed by atoms with Gasteiger partial charge in [-0.1, -0.05) is 45.4 Å². The SMILES string of the molecule is CCCCNC(=O)c1nc(C(=O)Nc2ccccc2C(C)C)c2n1CCCC2. The molecule has 0 saturated carbocycles. The summed E-state index contributed by atoms with van der Waals surface area (Å²) in [6.07, 6.45) is 4.71. The van der Waals surface area contributed by atoms with Crippen molar-refractivity contribution in [1.82, 2.24) is 14.9 Å². The fourth-order valence-corrected chi connectivity index (χ4v) is 3.65. The minimum atomic E-state index is -0.244. The monoisotopic (exact) mass is 382 g/mol. The van der Waals surface area contributed by atoms with E-state index in [0.717, 1.165) is 55.6 Å². The minimum Gasteiger partial charge on any atom is -0.349 e. The Kier molecular flexibility index (Phi) is 6.49. The first-order valence-electron chi connectivity index (χ1n) is 10.3. The van der Waals surface area contributed by atoms with Crippen LogP contribution in [0.15, 0.2) is 24.3 Å². The molecule has 6 heteroatoms. The van der Waals surface area contributed by atoms with Gasteiger partial charge in [0, 0.05) is 18.8 Å². The Morgan fingerprint density at radius 3 is 2.71 bits per heavy atom. The number of carbonyl (C=O) groups is 2. The molecule has 0 unspecified atom stereocenters. The number of hydrogen-bond donors (Lipinski definition) is 2. The van der Waals surface area contributed by atoms with Crippen molar-refractivity contribution in [2.24, 2.45) is 0 Å². The summed E-state index contributed by atoms with van der Waals surface area (Å²) < 4.78 is 1.92. The average molecular weight is 383 g/mol. The number of nitrogens with zero attached hydrogens (tertiary/aromatic N) is 2. The highest BCUT2D eigenvalue weighted by Crippen LogP contribution is 2.26. The van der Waals surface area contributed by atoms with E-state index in [4.69, 9.17) is 0 Å². The van der Waals surface area contributed by atoms with Gasteiger partial charge in [-0.05, 0) is 43.2 Å². The van der Waals surface area contributed by atoms with Crippen LogP contribution in [0, 0.1) is 0 Å². The van der Waals surface area contributed by atoms with Crippen LogP contribution < -0.4 is 10.6 Å². The van der Waals surface area contributed by atoms with Crippen molar-refractivity contribution in [2.75, 3.05) is 11.9 Å². The molecule has 2 heterocycles. The molecule has 150 valence electrons. The number of imidazole rings is 1. The molecule has 28 heavy (non-hydrogen) atoms. The first-order chi connectivity index (χ1) is 13.5. The van der Waals surface area contributed by atoms with Crippen molar-refractivity contribution in [2.45, 2.75) is 65.3 Å². The summed E-state index contributed by atoms with van der Waals surface area (Å²) in [5.41, 5.74) is 3.13. The minimum absolute atomic E-state index is 0.196. The van der Waals surface area contributed by atoms with E-state index in [1.165, 1.54) is 0 Å². The zero-order valence-corrected chi connectivity index (χ0v) is 17.0. The van der Waals surface area contributed by atoms with Gasteiger partial charge in [-0.15, -0.1) is 0 Å². The van der Waals surface area contributed by atoms with Crippen LogP contribution in [0.5, 0.6) is 0 Å². The van der Waals surface area contributed by atoms with Crippen LogP contribution in [0.1, 0.15) is 84.7 Å². The van der Waals surface area contributed by atoms with Gasteiger partial charge in [-0.2, -0.15) is 0 Å². The number of aromatic nitrogens is 2. The predicted molar refractivity (Wildman–Crippen MR) is 111 cm³/mol. The third-order valence-corrected chi connectivity index (χ3v) is 5.18. The fourth-order valence-electron chi connectivity index (χ4n) is 3.65. The Balaban J connectivity index is 1.87. The number of benzene rings is 1. The highest BCUT2D eigenvalue weighted by molar-refractivity contribution is 6.05. The van der Waals surface area contributed by atoms with Gasteiger partial charge in [0.05, 0.1) is 5.69 Å². The van der Waals surface area contributed by atoms with Crippen molar-refractivity contribution in [3.05, 3.63) is 47.0 Å². The number of hydrogen-bond acceptors (Lipinski definition) is 3. The molecule has 0 saturated heterocycles. The molecule has 0 fully saturated rings. The lowest BCUT2D eigenvalue weighted by atomic mass is 10.0. The number of fused-ring (bicyclic) bond motifs is 1. The normalized spacial score (nSPS) is 13.3. The summed E-state index contributed by atoms with van der Waals surface area (Å²) in [5.74, 6) is 0.213. The summed E-state index contributed by atoms with van der Waals surface area (Å²) in [7, 11) is 0. The molecule has 0 atom stereocenters. The van der Waals surface area contributed by atoms with Gasteiger partial charge < -0.3 is 15.2 Å². The maximum Gasteiger partial charge on any atom is 0.287 e. The fraction of sp³-hybridized carbons (Fsp3) is 0.500. The number of para-hydroxylation sites is 1. The molecule has 1 aliphatic rings. The standard InChI is InChI=1S/C22H30N4O2/c1-4-5-13-23-22(28)20-25-19(18-12-8-9-14-26(18)20)21(27)24-17-11-7-6-10-16(17)15(2)3/h6-7,10-11,15H,4-5,8-9,12-14H2,1-3H3,(H,23,28)(H,24,27). The summed E-state index contributed by atoms with van der Waals surface area (Å²) >= 11 is 0. The van der Waals surface area contributed by atoms with Crippen LogP contribution in [0.25, 0.3) is 0 Å². The highest BCUT2D eigenvalue weighted by atomic mass is 16.2. The molecule has 0 aliphatic carbocycles. The predicted octanol–water partition coefficient (Wildman–Crippen LogP) is 4.13. The Morgan fingerprint density at radius 2 is 1.96 bits per heavy atom. The second-order valence-corrected chi connectivity index (χ2v) is 7.64. The van der Waals surface area contributed by atoms with Gasteiger partial charge in [0.1, 0.15) is 0 Å². The molecule has 0 spiro atoms. The number of unbranched alkanes of at least 4 members (excludes halogenated alkanes) is 1. The lowest BCUT2D eigenvalue weighted by Crippen LogP contribution is -2.28. The molecule has 1 aliphatic heterocycles. The van der Waals surface area contributed by atoms with Crippen LogP contribution in [0.2, 0.25) is 0 Å². The molecular formula is C22H30N4O2. The topological polar surface area (TPSA) is 76.0 Å². The van der Waals surface area contributed by atoms with Crippen molar-refractivity contribution >= 4 is 17.5 Å². The van der Waals surface area contributed by atoms with Crippen molar-refractivity contribution in [3.63, 3.8) is 0 Å². The maximum absolute atomic E-state index is 13.0. The van der Waals surface area contributed by atoms with Gasteiger partial charge in [-0.25, -0.2) is 4.98 Å². The van der Waals surface area contributed by atoms with E-state index in [1.807, 2.05) is 28.8 Å². The van der Waals surface area contributed by atoms with Gasteiger partial charge in [0.25, 0.3) is 11.8 Å². The number of amides is 2. The summed E-state index contributed by atoms with van der Waals surface area (Å²) in [6.45, 7) is 7.64. The van der Waals surface area contributed by atoms with E-state index < -0.39 is 0 Å². The van der Waals surface area contributed by atoms with Gasteiger partial charge in [0.15, 0.2) is 11.5 Å². The summed E-state index contributed by atoms with van der Waals surface area (Å²) in [5, 5.41) is 5.94. The van der Waals surface area contributed by atoms with Gasteiger partial charge in [0.2, 0.25) is 0 Å². The highest BCUT2D eigenvalue weighted by Gasteiger charge is 2.27. The zero-order valence-electron chi connectivity index (χ0n) is 17.0. The second-order valence-electron chi connectivity index (χ2n) is 7.64. The number of anilines is 1. The summed E-state index contributed by atoms with van der Waals surface area (Å²) in [4.78, 5) is 30.1. The third-order valence-electron chi connectivity index (χ3n) is 5.18. The molecule has 2 N–H and O–H groups in total. The maximum atomic E-state index is 13.0. The molecule has 6 nitrogen and oxygen atoms in total. The van der Waals surface area contributed by atoms with E-state index in [2.05, 4.69) is 36.4 Å². The molecule has 3 rings (SSSR count). The smallest absolute Gasteiger partial charge is 0.287 e. The molecule has 2 aromatic rings. The first kappa shape index (κ1) is 20.1. The van der Waals surface area contributed by atoms with E-state index in [1.54, 1.807) is 0 Å². The molecule has 0 radical (unpaired) electrons. The second kappa shape index (κ2) is 9.04. The number of carbonyl (C=O) groups excluding carboxylic acids is 2. The van der Waals surface area contributed by atoms with E-state index in [0.29, 0.717) is 24.0 Å².